The van der Waals surface area contributed by atoms with Crippen LogP contribution in [0.3, 0.4) is 0 Å². The van der Waals surface area contributed by atoms with E-state index in [4.69, 9.17) is 4.74 Å². The monoisotopic (exact) mass is 297 g/mol. The Bertz CT molecular complexity index is 574. The van der Waals surface area contributed by atoms with E-state index in [-0.39, 0.29) is 5.56 Å². The Morgan fingerprint density at radius 3 is 2.94 bits per heavy atom. The highest BCUT2D eigenvalue weighted by Crippen LogP contribution is 2.31. The fourth-order valence-electron chi connectivity index (χ4n) is 1.64. The summed E-state index contributed by atoms with van der Waals surface area (Å²) in [5.74, 6) is 0.0801. The van der Waals surface area contributed by atoms with Gasteiger partial charge in [-0.3, -0.25) is 4.98 Å². The molecular formula is C12H9BrFNO2. The average Bonchev–Trinajstić information content (AvgIpc) is 2.37. The molecule has 1 atom stereocenters. The Balaban J connectivity index is 2.77. The first-order valence-corrected chi connectivity index (χ1v) is 5.80. The highest BCUT2D eigenvalue weighted by Gasteiger charge is 2.16. The number of nitrogens with zero attached hydrogens (tertiary/aromatic N) is 1. The second-order valence-corrected chi connectivity index (χ2v) is 4.43. The smallest absolute Gasteiger partial charge is 0.146 e. The van der Waals surface area contributed by atoms with E-state index >= 15 is 0 Å². The number of hydrogen-bond acceptors (Lipinski definition) is 3. The number of carbonyl (C=O) groups is 1. The quantitative estimate of drug-likeness (QED) is 0.646. The van der Waals surface area contributed by atoms with E-state index < -0.39 is 10.6 Å². The Kier molecular flexibility index (Phi) is 3.38. The van der Waals surface area contributed by atoms with Crippen LogP contribution in [-0.2, 0) is 4.79 Å². The van der Waals surface area contributed by atoms with Gasteiger partial charge in [-0.15, -0.1) is 0 Å². The lowest BCUT2D eigenvalue weighted by Crippen LogP contribution is -1.99. The van der Waals surface area contributed by atoms with Gasteiger partial charge in [0.15, 0.2) is 0 Å². The SMILES string of the molecule is COc1ccc2ncc(F)c(C(Br)C=O)c2c1. The minimum Gasteiger partial charge on any atom is -0.497 e. The normalized spacial score (nSPS) is 12.4. The molecule has 2 rings (SSSR count). The number of ether oxygens (including phenoxy) is 1. The van der Waals surface area contributed by atoms with Crippen LogP contribution in [0.25, 0.3) is 10.9 Å². The van der Waals surface area contributed by atoms with Gasteiger partial charge in [-0.25, -0.2) is 4.39 Å². The van der Waals surface area contributed by atoms with E-state index in [9.17, 15) is 9.18 Å². The van der Waals surface area contributed by atoms with Gasteiger partial charge in [-0.05, 0) is 18.2 Å². The Labute approximate surface area is 106 Å². The van der Waals surface area contributed by atoms with Gasteiger partial charge in [-0.1, -0.05) is 15.9 Å². The molecule has 17 heavy (non-hydrogen) atoms. The summed E-state index contributed by atoms with van der Waals surface area (Å²) in [6.45, 7) is 0. The van der Waals surface area contributed by atoms with Gasteiger partial charge >= 0.3 is 0 Å². The predicted molar refractivity (Wildman–Crippen MR) is 66.0 cm³/mol. The lowest BCUT2D eigenvalue weighted by Gasteiger charge is -2.10. The topological polar surface area (TPSA) is 39.2 Å². The summed E-state index contributed by atoms with van der Waals surface area (Å²) in [4.78, 5) is 14.1. The third-order valence-electron chi connectivity index (χ3n) is 2.46. The molecule has 0 aliphatic carbocycles. The van der Waals surface area contributed by atoms with Gasteiger partial charge in [0, 0.05) is 10.9 Å². The van der Waals surface area contributed by atoms with Crippen molar-refractivity contribution in [3.8, 4) is 5.75 Å². The minimum atomic E-state index is -0.694. The highest BCUT2D eigenvalue weighted by atomic mass is 79.9. The Hall–Kier alpha value is -1.49. The van der Waals surface area contributed by atoms with Crippen LogP contribution in [0.15, 0.2) is 24.4 Å². The number of pyridine rings is 1. The average molecular weight is 298 g/mol. The van der Waals surface area contributed by atoms with Gasteiger partial charge in [0.2, 0.25) is 0 Å². The van der Waals surface area contributed by atoms with Crippen LogP contribution in [0.1, 0.15) is 10.4 Å². The minimum absolute atomic E-state index is 0.281. The van der Waals surface area contributed by atoms with Crippen LogP contribution in [0, 0.1) is 5.82 Å². The molecule has 0 fully saturated rings. The zero-order valence-electron chi connectivity index (χ0n) is 8.98. The molecular weight excluding hydrogens is 289 g/mol. The number of aromatic nitrogens is 1. The first-order valence-electron chi connectivity index (χ1n) is 4.89. The summed E-state index contributed by atoms with van der Waals surface area (Å²) < 4.78 is 18.8. The van der Waals surface area contributed by atoms with Crippen molar-refractivity contribution in [2.45, 2.75) is 4.83 Å². The van der Waals surface area contributed by atoms with Gasteiger partial charge in [-0.2, -0.15) is 0 Å². The largest absolute Gasteiger partial charge is 0.497 e. The molecule has 0 aliphatic heterocycles. The van der Waals surface area contributed by atoms with Crippen molar-refractivity contribution in [3.05, 3.63) is 35.8 Å². The van der Waals surface area contributed by atoms with Gasteiger partial charge in [0.25, 0.3) is 0 Å². The third kappa shape index (κ3) is 2.15. The lowest BCUT2D eigenvalue weighted by atomic mass is 10.1. The van der Waals surface area contributed by atoms with Crippen molar-refractivity contribution in [1.82, 2.24) is 4.98 Å². The van der Waals surface area contributed by atoms with Gasteiger partial charge in [0.1, 0.15) is 17.9 Å². The van der Waals surface area contributed by atoms with Crippen LogP contribution in [0.4, 0.5) is 4.39 Å². The molecule has 0 N–H and O–H groups in total. The van der Waals surface area contributed by atoms with E-state index in [1.165, 1.54) is 7.11 Å². The highest BCUT2D eigenvalue weighted by molar-refractivity contribution is 9.09. The zero-order chi connectivity index (χ0) is 12.4. The number of alkyl halides is 1. The summed E-state index contributed by atoms with van der Waals surface area (Å²) in [5, 5.41) is 0.568. The summed E-state index contributed by atoms with van der Waals surface area (Å²) in [6.07, 6.45) is 1.75. The van der Waals surface area contributed by atoms with Gasteiger partial charge in [0.05, 0.1) is 23.7 Å². The molecule has 5 heteroatoms. The maximum absolute atomic E-state index is 13.7. The molecule has 1 unspecified atom stereocenters. The van der Waals surface area contributed by atoms with Crippen molar-refractivity contribution in [2.24, 2.45) is 0 Å². The standard InChI is InChI=1S/C12H9BrFNO2/c1-17-7-2-3-11-8(4-7)12(9(13)6-16)10(14)5-15-11/h2-6,9H,1H3. The molecule has 0 amide bonds. The van der Waals surface area contributed by atoms with Crippen LogP contribution in [0.2, 0.25) is 0 Å². The Morgan fingerprint density at radius 2 is 2.29 bits per heavy atom. The molecule has 0 saturated heterocycles. The number of aldehydes is 1. The van der Waals surface area contributed by atoms with E-state index in [2.05, 4.69) is 20.9 Å². The number of carbonyl (C=O) groups excluding carboxylic acids is 1. The summed E-state index contributed by atoms with van der Waals surface area (Å²) in [6, 6.07) is 5.13. The molecule has 3 nitrogen and oxygen atoms in total. The van der Waals surface area contributed by atoms with Crippen LogP contribution >= 0.6 is 15.9 Å². The molecule has 1 aromatic heterocycles. The number of hydrogen-bond donors (Lipinski definition) is 0. The number of benzene rings is 1. The van der Waals surface area contributed by atoms with Crippen molar-refractivity contribution < 1.29 is 13.9 Å². The van der Waals surface area contributed by atoms with Crippen molar-refractivity contribution in [1.29, 1.82) is 0 Å². The van der Waals surface area contributed by atoms with Crippen molar-refractivity contribution >= 4 is 33.1 Å². The first-order chi connectivity index (χ1) is 8.17. The van der Waals surface area contributed by atoms with Gasteiger partial charge < -0.3 is 9.53 Å². The molecule has 2 aromatic rings. The molecule has 0 saturated carbocycles. The first kappa shape index (κ1) is 12.0. The molecule has 0 radical (unpaired) electrons. The number of rotatable bonds is 3. The van der Waals surface area contributed by atoms with Crippen LogP contribution in [0.5, 0.6) is 5.75 Å². The number of fused-ring (bicyclic) bond motifs is 1. The molecule has 0 aliphatic rings. The predicted octanol–water partition coefficient (Wildman–Crippen LogP) is 3.02. The summed E-state index contributed by atoms with van der Waals surface area (Å²) in [5.41, 5.74) is 0.900. The second-order valence-electron chi connectivity index (χ2n) is 3.44. The fourth-order valence-corrected chi connectivity index (χ4v) is 2.11. The molecule has 0 spiro atoms. The van der Waals surface area contributed by atoms with Crippen LogP contribution < -0.4 is 4.74 Å². The summed E-state index contributed by atoms with van der Waals surface area (Å²) >= 11 is 3.13. The van der Waals surface area contributed by atoms with E-state index in [0.717, 1.165) is 6.20 Å². The van der Waals surface area contributed by atoms with E-state index in [1.54, 1.807) is 18.2 Å². The lowest BCUT2D eigenvalue weighted by molar-refractivity contribution is -0.107. The van der Waals surface area contributed by atoms with Crippen LogP contribution in [-0.4, -0.2) is 18.4 Å². The third-order valence-corrected chi connectivity index (χ3v) is 3.14. The zero-order valence-corrected chi connectivity index (χ0v) is 10.6. The number of methoxy groups -OCH3 is 1. The maximum atomic E-state index is 13.7. The second kappa shape index (κ2) is 4.79. The maximum Gasteiger partial charge on any atom is 0.146 e. The van der Waals surface area contributed by atoms with E-state index in [1.807, 2.05) is 0 Å². The van der Waals surface area contributed by atoms with E-state index in [0.29, 0.717) is 22.9 Å². The molecule has 88 valence electrons. The molecule has 1 aromatic carbocycles. The fraction of sp³-hybridized carbons (Fsp3) is 0.167. The van der Waals surface area contributed by atoms with Crippen molar-refractivity contribution in [3.63, 3.8) is 0 Å². The summed E-state index contributed by atoms with van der Waals surface area (Å²) in [7, 11) is 1.53. The van der Waals surface area contributed by atoms with Crippen molar-refractivity contribution in [2.75, 3.05) is 7.11 Å². The Morgan fingerprint density at radius 1 is 1.53 bits per heavy atom. The molecule has 0 bridgehead atoms. The number of halogens is 2. The molecule has 1 heterocycles.